The minimum atomic E-state index is 0.347. The Morgan fingerprint density at radius 2 is 2.27 bits per heavy atom. The van der Waals surface area contributed by atoms with Crippen molar-refractivity contribution in [2.45, 2.75) is 25.3 Å². The van der Waals surface area contributed by atoms with Crippen molar-refractivity contribution in [3.63, 3.8) is 0 Å². The quantitative estimate of drug-likeness (QED) is 0.801. The van der Waals surface area contributed by atoms with Crippen molar-refractivity contribution in [2.75, 3.05) is 7.11 Å². The summed E-state index contributed by atoms with van der Waals surface area (Å²) in [5.74, 6) is 0.920. The highest BCUT2D eigenvalue weighted by atomic mass is 16.5. The predicted octanol–water partition coefficient (Wildman–Crippen LogP) is 2.59. The van der Waals surface area contributed by atoms with Gasteiger partial charge in [0.2, 0.25) is 0 Å². The molecule has 0 aliphatic heterocycles. The van der Waals surface area contributed by atoms with Crippen LogP contribution in [0, 0.1) is 0 Å². The molecule has 0 heterocycles. The largest absolute Gasteiger partial charge is 0.497 e. The highest BCUT2D eigenvalue weighted by Gasteiger charge is 2.11. The van der Waals surface area contributed by atoms with Crippen LogP contribution in [0.1, 0.15) is 24.8 Å². The third kappa shape index (κ3) is 2.39. The fourth-order valence-corrected chi connectivity index (χ4v) is 1.94. The second-order valence-electron chi connectivity index (χ2n) is 4.00. The Kier molecular flexibility index (Phi) is 3.07. The van der Waals surface area contributed by atoms with Gasteiger partial charge in [0.05, 0.1) is 7.11 Å². The molecule has 1 unspecified atom stereocenters. The molecule has 2 N–H and O–H groups in total. The molecule has 0 amide bonds. The summed E-state index contributed by atoms with van der Waals surface area (Å²) in [7, 11) is 1.70. The summed E-state index contributed by atoms with van der Waals surface area (Å²) < 4.78 is 5.21. The van der Waals surface area contributed by atoms with Gasteiger partial charge in [0, 0.05) is 6.04 Å². The van der Waals surface area contributed by atoms with Crippen LogP contribution in [-0.4, -0.2) is 13.2 Å². The molecule has 2 nitrogen and oxygen atoms in total. The van der Waals surface area contributed by atoms with Crippen LogP contribution in [0.15, 0.2) is 30.3 Å². The number of hydrogen-bond donors (Lipinski definition) is 1. The SMILES string of the molecule is COc1cccc(C2=CCC(N)CC2)c1. The number of nitrogens with two attached hydrogens (primary N) is 1. The normalized spacial score (nSPS) is 20.9. The first-order chi connectivity index (χ1) is 7.29. The maximum Gasteiger partial charge on any atom is 0.119 e. The first kappa shape index (κ1) is 10.2. The predicted molar refractivity (Wildman–Crippen MR) is 62.8 cm³/mol. The fraction of sp³-hybridized carbons (Fsp3) is 0.385. The van der Waals surface area contributed by atoms with E-state index in [1.165, 1.54) is 11.1 Å². The summed E-state index contributed by atoms with van der Waals surface area (Å²) in [6.07, 6.45) is 5.41. The Bertz CT molecular complexity index is 371. The molecule has 2 heteroatoms. The monoisotopic (exact) mass is 203 g/mol. The van der Waals surface area contributed by atoms with Crippen LogP contribution in [0.3, 0.4) is 0 Å². The van der Waals surface area contributed by atoms with Gasteiger partial charge in [-0.15, -0.1) is 0 Å². The second kappa shape index (κ2) is 4.49. The smallest absolute Gasteiger partial charge is 0.119 e. The Morgan fingerprint density at radius 3 is 2.93 bits per heavy atom. The Balaban J connectivity index is 2.22. The molecular formula is C13H17NO. The zero-order valence-electron chi connectivity index (χ0n) is 9.07. The maximum atomic E-state index is 5.86. The molecule has 2 rings (SSSR count). The average molecular weight is 203 g/mol. The number of benzene rings is 1. The minimum absolute atomic E-state index is 0.347. The molecule has 0 saturated heterocycles. The highest BCUT2D eigenvalue weighted by Crippen LogP contribution is 2.28. The van der Waals surface area contributed by atoms with Gasteiger partial charge < -0.3 is 10.5 Å². The van der Waals surface area contributed by atoms with Gasteiger partial charge in [0.15, 0.2) is 0 Å². The van der Waals surface area contributed by atoms with Crippen LogP contribution < -0.4 is 10.5 Å². The number of rotatable bonds is 2. The van der Waals surface area contributed by atoms with Gasteiger partial charge in [-0.25, -0.2) is 0 Å². The lowest BCUT2D eigenvalue weighted by Gasteiger charge is -2.18. The van der Waals surface area contributed by atoms with Gasteiger partial charge in [-0.3, -0.25) is 0 Å². The fourth-order valence-electron chi connectivity index (χ4n) is 1.94. The Labute approximate surface area is 90.7 Å². The van der Waals surface area contributed by atoms with E-state index in [0.717, 1.165) is 25.0 Å². The molecule has 1 aliphatic carbocycles. The van der Waals surface area contributed by atoms with E-state index in [9.17, 15) is 0 Å². The van der Waals surface area contributed by atoms with E-state index in [4.69, 9.17) is 10.5 Å². The van der Waals surface area contributed by atoms with Gasteiger partial charge >= 0.3 is 0 Å². The number of hydrogen-bond acceptors (Lipinski definition) is 2. The molecule has 1 aromatic rings. The van der Waals surface area contributed by atoms with E-state index in [0.29, 0.717) is 6.04 Å². The molecule has 0 bridgehead atoms. The molecule has 15 heavy (non-hydrogen) atoms. The summed E-state index contributed by atoms with van der Waals surface area (Å²) in [6, 6.07) is 8.56. The average Bonchev–Trinajstić information content (AvgIpc) is 2.30. The lowest BCUT2D eigenvalue weighted by atomic mass is 9.91. The molecule has 0 radical (unpaired) electrons. The lowest BCUT2D eigenvalue weighted by molar-refractivity contribution is 0.414. The van der Waals surface area contributed by atoms with Crippen molar-refractivity contribution >= 4 is 5.57 Å². The van der Waals surface area contributed by atoms with E-state index >= 15 is 0 Å². The molecule has 80 valence electrons. The molecule has 1 atom stereocenters. The van der Waals surface area contributed by atoms with Crippen LogP contribution in [0.4, 0.5) is 0 Å². The molecule has 1 aromatic carbocycles. The standard InChI is InChI=1S/C13H17NO/c1-15-13-4-2-3-11(9-13)10-5-7-12(14)8-6-10/h2-5,9,12H,6-8,14H2,1H3. The van der Waals surface area contributed by atoms with Crippen molar-refractivity contribution in [1.29, 1.82) is 0 Å². The van der Waals surface area contributed by atoms with Gasteiger partial charge in [0.25, 0.3) is 0 Å². The molecule has 0 fully saturated rings. The summed E-state index contributed by atoms with van der Waals surface area (Å²) >= 11 is 0. The van der Waals surface area contributed by atoms with Crippen molar-refractivity contribution in [3.8, 4) is 5.75 Å². The van der Waals surface area contributed by atoms with Crippen molar-refractivity contribution in [2.24, 2.45) is 5.73 Å². The van der Waals surface area contributed by atoms with Crippen LogP contribution >= 0.6 is 0 Å². The lowest BCUT2D eigenvalue weighted by Crippen LogP contribution is -2.21. The van der Waals surface area contributed by atoms with Gasteiger partial charge in [-0.05, 0) is 42.5 Å². The molecule has 0 saturated carbocycles. The molecule has 1 aliphatic rings. The summed E-state index contributed by atoms with van der Waals surface area (Å²) in [5.41, 5.74) is 8.53. The van der Waals surface area contributed by atoms with Gasteiger partial charge in [0.1, 0.15) is 5.75 Å². The van der Waals surface area contributed by atoms with Crippen LogP contribution in [-0.2, 0) is 0 Å². The third-order valence-corrected chi connectivity index (χ3v) is 2.89. The van der Waals surface area contributed by atoms with Crippen molar-refractivity contribution in [1.82, 2.24) is 0 Å². The second-order valence-corrected chi connectivity index (χ2v) is 4.00. The summed E-state index contributed by atoms with van der Waals surface area (Å²) in [5, 5.41) is 0. The van der Waals surface area contributed by atoms with Crippen LogP contribution in [0.25, 0.3) is 5.57 Å². The number of allylic oxidation sites excluding steroid dienone is 1. The summed E-state index contributed by atoms with van der Waals surface area (Å²) in [6.45, 7) is 0. The van der Waals surface area contributed by atoms with E-state index < -0.39 is 0 Å². The van der Waals surface area contributed by atoms with E-state index in [-0.39, 0.29) is 0 Å². The van der Waals surface area contributed by atoms with Crippen molar-refractivity contribution in [3.05, 3.63) is 35.9 Å². The highest BCUT2D eigenvalue weighted by molar-refractivity contribution is 5.67. The Hall–Kier alpha value is -1.28. The summed E-state index contributed by atoms with van der Waals surface area (Å²) in [4.78, 5) is 0. The van der Waals surface area contributed by atoms with Crippen LogP contribution in [0.5, 0.6) is 5.75 Å². The number of ether oxygens (including phenoxy) is 1. The number of methoxy groups -OCH3 is 1. The van der Waals surface area contributed by atoms with Gasteiger partial charge in [-0.2, -0.15) is 0 Å². The Morgan fingerprint density at radius 1 is 1.40 bits per heavy atom. The van der Waals surface area contributed by atoms with E-state index in [1.807, 2.05) is 12.1 Å². The first-order valence-electron chi connectivity index (χ1n) is 5.38. The van der Waals surface area contributed by atoms with Crippen molar-refractivity contribution < 1.29 is 4.74 Å². The van der Waals surface area contributed by atoms with E-state index in [1.54, 1.807) is 7.11 Å². The molecular weight excluding hydrogens is 186 g/mol. The molecule has 0 aromatic heterocycles. The molecule has 0 spiro atoms. The third-order valence-electron chi connectivity index (χ3n) is 2.89. The van der Waals surface area contributed by atoms with E-state index in [2.05, 4.69) is 18.2 Å². The minimum Gasteiger partial charge on any atom is -0.497 e. The zero-order valence-corrected chi connectivity index (χ0v) is 9.07. The first-order valence-corrected chi connectivity index (χ1v) is 5.38. The van der Waals surface area contributed by atoms with Crippen LogP contribution in [0.2, 0.25) is 0 Å². The van der Waals surface area contributed by atoms with Gasteiger partial charge in [-0.1, -0.05) is 18.2 Å². The maximum absolute atomic E-state index is 5.86. The zero-order chi connectivity index (χ0) is 10.7. The topological polar surface area (TPSA) is 35.2 Å².